The van der Waals surface area contributed by atoms with Crippen LogP contribution < -0.4 is 5.73 Å². The lowest BCUT2D eigenvalue weighted by Crippen LogP contribution is -2.46. The van der Waals surface area contributed by atoms with Crippen molar-refractivity contribution in [2.75, 3.05) is 13.1 Å². The fourth-order valence-corrected chi connectivity index (χ4v) is 2.81. The smallest absolute Gasteiger partial charge is 0.163 e. The van der Waals surface area contributed by atoms with Gasteiger partial charge in [0.15, 0.2) is 11.6 Å². The molecule has 18 heavy (non-hydrogen) atoms. The molecule has 0 aromatic heterocycles. The summed E-state index contributed by atoms with van der Waals surface area (Å²) in [5, 5.41) is 0. The van der Waals surface area contributed by atoms with Gasteiger partial charge in [0.1, 0.15) is 0 Å². The summed E-state index contributed by atoms with van der Waals surface area (Å²) in [5.74, 6) is -1.54. The van der Waals surface area contributed by atoms with E-state index < -0.39 is 11.6 Å². The molecule has 1 aromatic carbocycles. The fourth-order valence-electron chi connectivity index (χ4n) is 2.81. The molecule has 1 saturated heterocycles. The van der Waals surface area contributed by atoms with Crippen LogP contribution >= 0.6 is 0 Å². The van der Waals surface area contributed by atoms with Gasteiger partial charge in [-0.25, -0.2) is 8.78 Å². The summed E-state index contributed by atoms with van der Waals surface area (Å²) in [4.78, 5) is 2.17. The van der Waals surface area contributed by atoms with Gasteiger partial charge in [0, 0.05) is 11.6 Å². The second-order valence-corrected chi connectivity index (χ2v) is 4.93. The van der Waals surface area contributed by atoms with Gasteiger partial charge in [0.2, 0.25) is 0 Å². The highest BCUT2D eigenvalue weighted by atomic mass is 19.2. The van der Waals surface area contributed by atoms with Crippen LogP contribution in [0.25, 0.3) is 0 Å². The Morgan fingerprint density at radius 3 is 2.89 bits per heavy atom. The summed E-state index contributed by atoms with van der Waals surface area (Å²) in [6.45, 7) is 3.86. The molecule has 4 heteroatoms. The number of halogens is 2. The number of piperidine rings is 1. The van der Waals surface area contributed by atoms with Gasteiger partial charge in [-0.05, 0) is 38.4 Å². The normalized spacial score (nSPS) is 25.3. The minimum absolute atomic E-state index is 0.124. The Morgan fingerprint density at radius 2 is 2.17 bits per heavy atom. The van der Waals surface area contributed by atoms with Crippen LogP contribution in [-0.4, -0.2) is 24.0 Å². The van der Waals surface area contributed by atoms with Crippen LogP contribution in [0, 0.1) is 11.6 Å². The molecule has 0 amide bonds. The highest BCUT2D eigenvalue weighted by Crippen LogP contribution is 2.32. The van der Waals surface area contributed by atoms with Gasteiger partial charge in [-0.3, -0.25) is 4.90 Å². The highest BCUT2D eigenvalue weighted by Gasteiger charge is 2.32. The van der Waals surface area contributed by atoms with E-state index in [1.165, 1.54) is 0 Å². The van der Waals surface area contributed by atoms with Crippen molar-refractivity contribution in [1.29, 1.82) is 0 Å². The Hall–Kier alpha value is -1.00. The zero-order valence-electron chi connectivity index (χ0n) is 10.7. The van der Waals surface area contributed by atoms with Crippen LogP contribution in [0.5, 0.6) is 0 Å². The Bertz CT molecular complexity index is 407. The average molecular weight is 254 g/mol. The Labute approximate surface area is 107 Å². The van der Waals surface area contributed by atoms with Crippen molar-refractivity contribution < 1.29 is 8.78 Å². The summed E-state index contributed by atoms with van der Waals surface area (Å²) in [7, 11) is 0. The number of nitrogens with two attached hydrogens (primary N) is 1. The summed E-state index contributed by atoms with van der Waals surface area (Å²) in [5.41, 5.74) is 6.52. The van der Waals surface area contributed by atoms with Crippen molar-refractivity contribution in [3.63, 3.8) is 0 Å². The zero-order valence-corrected chi connectivity index (χ0v) is 10.7. The first-order chi connectivity index (χ1) is 8.65. The molecule has 0 radical (unpaired) electrons. The molecule has 1 fully saturated rings. The summed E-state index contributed by atoms with van der Waals surface area (Å²) < 4.78 is 27.3. The molecule has 2 N–H and O–H groups in total. The van der Waals surface area contributed by atoms with E-state index >= 15 is 0 Å². The maximum atomic E-state index is 13.9. The van der Waals surface area contributed by atoms with E-state index in [0.29, 0.717) is 5.56 Å². The van der Waals surface area contributed by atoms with Crippen LogP contribution in [0.2, 0.25) is 0 Å². The Morgan fingerprint density at radius 1 is 1.39 bits per heavy atom. The Balaban J connectivity index is 2.34. The number of hydrogen-bond acceptors (Lipinski definition) is 2. The highest BCUT2D eigenvalue weighted by molar-refractivity contribution is 5.24. The lowest BCUT2D eigenvalue weighted by Gasteiger charge is -2.40. The van der Waals surface area contributed by atoms with Crippen LogP contribution in [-0.2, 0) is 0 Å². The molecular weight excluding hydrogens is 234 g/mol. The third kappa shape index (κ3) is 2.54. The monoisotopic (exact) mass is 254 g/mol. The van der Waals surface area contributed by atoms with Gasteiger partial charge in [0.05, 0.1) is 6.04 Å². The molecule has 100 valence electrons. The molecule has 0 spiro atoms. The molecule has 0 bridgehead atoms. The van der Waals surface area contributed by atoms with Crippen molar-refractivity contribution in [3.8, 4) is 0 Å². The minimum Gasteiger partial charge on any atom is -0.326 e. The summed E-state index contributed by atoms with van der Waals surface area (Å²) in [6, 6.07) is 4.03. The van der Waals surface area contributed by atoms with E-state index in [4.69, 9.17) is 5.73 Å². The number of likely N-dealkylation sites (tertiary alicyclic amines) is 1. The number of hydrogen-bond donors (Lipinski definition) is 1. The largest absolute Gasteiger partial charge is 0.326 e. The maximum absolute atomic E-state index is 13.9. The van der Waals surface area contributed by atoms with E-state index in [9.17, 15) is 8.78 Å². The van der Waals surface area contributed by atoms with E-state index in [0.717, 1.165) is 38.4 Å². The average Bonchev–Trinajstić information content (AvgIpc) is 2.34. The number of benzene rings is 1. The Kier molecular flexibility index (Phi) is 4.30. The maximum Gasteiger partial charge on any atom is 0.163 e. The zero-order chi connectivity index (χ0) is 13.1. The lowest BCUT2D eigenvalue weighted by atomic mass is 9.90. The molecule has 0 saturated carbocycles. The van der Waals surface area contributed by atoms with Crippen molar-refractivity contribution in [1.82, 2.24) is 4.90 Å². The number of rotatable bonds is 3. The van der Waals surface area contributed by atoms with E-state index in [1.807, 2.05) is 0 Å². The molecule has 1 heterocycles. The first kappa shape index (κ1) is 13.4. The molecule has 2 unspecified atom stereocenters. The molecule has 2 atom stereocenters. The van der Waals surface area contributed by atoms with E-state index in [2.05, 4.69) is 11.8 Å². The molecule has 1 aliphatic rings. The van der Waals surface area contributed by atoms with Gasteiger partial charge < -0.3 is 5.73 Å². The van der Waals surface area contributed by atoms with Gasteiger partial charge in [-0.2, -0.15) is 0 Å². The first-order valence-electron chi connectivity index (χ1n) is 6.58. The molecule has 1 aliphatic heterocycles. The van der Waals surface area contributed by atoms with Gasteiger partial charge in [-0.15, -0.1) is 0 Å². The second kappa shape index (κ2) is 5.76. The molecule has 0 aliphatic carbocycles. The standard InChI is InChI=1S/C14H20F2N2/c1-2-8-18-9-4-7-12(17)14(18)10-5-3-6-11(15)13(10)16/h3,5-6,12,14H,2,4,7-9,17H2,1H3. The van der Waals surface area contributed by atoms with Crippen LogP contribution in [0.4, 0.5) is 8.78 Å². The van der Waals surface area contributed by atoms with E-state index in [-0.39, 0.29) is 12.1 Å². The number of nitrogens with zero attached hydrogens (tertiary/aromatic N) is 1. The van der Waals surface area contributed by atoms with Crippen molar-refractivity contribution in [3.05, 3.63) is 35.4 Å². The van der Waals surface area contributed by atoms with Crippen LogP contribution in [0.15, 0.2) is 18.2 Å². The van der Waals surface area contributed by atoms with Crippen LogP contribution in [0.1, 0.15) is 37.8 Å². The van der Waals surface area contributed by atoms with Gasteiger partial charge >= 0.3 is 0 Å². The predicted molar refractivity (Wildman–Crippen MR) is 68.2 cm³/mol. The first-order valence-corrected chi connectivity index (χ1v) is 6.58. The molecule has 2 rings (SSSR count). The quantitative estimate of drug-likeness (QED) is 0.898. The SMILES string of the molecule is CCCN1CCCC(N)C1c1cccc(F)c1F. The molecule has 1 aromatic rings. The van der Waals surface area contributed by atoms with Gasteiger partial charge in [-0.1, -0.05) is 19.1 Å². The minimum atomic E-state index is -0.790. The fraction of sp³-hybridized carbons (Fsp3) is 0.571. The second-order valence-electron chi connectivity index (χ2n) is 4.93. The summed E-state index contributed by atoms with van der Waals surface area (Å²) >= 11 is 0. The lowest BCUT2D eigenvalue weighted by molar-refractivity contribution is 0.125. The van der Waals surface area contributed by atoms with Crippen molar-refractivity contribution >= 4 is 0 Å². The third-order valence-electron chi connectivity index (χ3n) is 3.59. The molecular formula is C14H20F2N2. The third-order valence-corrected chi connectivity index (χ3v) is 3.59. The van der Waals surface area contributed by atoms with Crippen molar-refractivity contribution in [2.24, 2.45) is 5.73 Å². The predicted octanol–water partition coefficient (Wildman–Crippen LogP) is 2.84. The van der Waals surface area contributed by atoms with E-state index in [1.54, 1.807) is 12.1 Å². The van der Waals surface area contributed by atoms with Gasteiger partial charge in [0.25, 0.3) is 0 Å². The summed E-state index contributed by atoms with van der Waals surface area (Å²) in [6.07, 6.45) is 2.87. The van der Waals surface area contributed by atoms with Crippen molar-refractivity contribution in [2.45, 2.75) is 38.3 Å². The van der Waals surface area contributed by atoms with Crippen LogP contribution in [0.3, 0.4) is 0 Å². The topological polar surface area (TPSA) is 29.3 Å². The molecule has 2 nitrogen and oxygen atoms in total.